The number of carbonyl (C=O) groups excluding carboxylic acids is 1. The Morgan fingerprint density at radius 1 is 0.960 bits per heavy atom. The standard InChI is InChI=1S/C18H18BrF3N2O/c1-23(2)7-8-24(11-12-3-6-15(20)17(22)9-12)18(25)13-4-5-14(19)16(21)10-13/h3-6,9-10H,7-8,11H2,1-2H3. The molecule has 0 bridgehead atoms. The summed E-state index contributed by atoms with van der Waals surface area (Å²) in [5.74, 6) is -2.82. The number of rotatable bonds is 6. The Hall–Kier alpha value is -1.86. The van der Waals surface area contributed by atoms with Crippen LogP contribution in [0.1, 0.15) is 15.9 Å². The van der Waals surface area contributed by atoms with Gasteiger partial charge >= 0.3 is 0 Å². The van der Waals surface area contributed by atoms with Gasteiger partial charge in [-0.25, -0.2) is 13.2 Å². The maximum atomic E-state index is 13.7. The van der Waals surface area contributed by atoms with Crippen LogP contribution in [0.25, 0.3) is 0 Å². The van der Waals surface area contributed by atoms with E-state index in [9.17, 15) is 18.0 Å². The van der Waals surface area contributed by atoms with Crippen LogP contribution in [-0.4, -0.2) is 42.9 Å². The van der Waals surface area contributed by atoms with E-state index in [1.165, 1.54) is 23.1 Å². The molecule has 0 spiro atoms. The van der Waals surface area contributed by atoms with Crippen LogP contribution in [0.5, 0.6) is 0 Å². The molecule has 2 rings (SSSR count). The summed E-state index contributed by atoms with van der Waals surface area (Å²) in [6.45, 7) is 1.04. The molecule has 0 atom stereocenters. The molecular weight excluding hydrogens is 397 g/mol. The highest BCUT2D eigenvalue weighted by Crippen LogP contribution is 2.19. The first kappa shape index (κ1) is 19.5. The van der Waals surface area contributed by atoms with Gasteiger partial charge in [-0.15, -0.1) is 0 Å². The topological polar surface area (TPSA) is 23.6 Å². The zero-order valence-corrected chi connectivity index (χ0v) is 15.5. The highest BCUT2D eigenvalue weighted by Gasteiger charge is 2.18. The zero-order chi connectivity index (χ0) is 18.6. The lowest BCUT2D eigenvalue weighted by Crippen LogP contribution is -2.36. The lowest BCUT2D eigenvalue weighted by Gasteiger charge is -2.25. The van der Waals surface area contributed by atoms with Gasteiger partial charge in [-0.1, -0.05) is 6.07 Å². The lowest BCUT2D eigenvalue weighted by atomic mass is 10.1. The van der Waals surface area contributed by atoms with E-state index in [1.807, 2.05) is 19.0 Å². The minimum atomic E-state index is -0.966. The van der Waals surface area contributed by atoms with Crippen molar-refractivity contribution in [3.8, 4) is 0 Å². The van der Waals surface area contributed by atoms with Gasteiger partial charge in [-0.3, -0.25) is 4.79 Å². The van der Waals surface area contributed by atoms with E-state index in [1.54, 1.807) is 0 Å². The van der Waals surface area contributed by atoms with Gasteiger partial charge in [0.1, 0.15) is 5.82 Å². The van der Waals surface area contributed by atoms with Gasteiger partial charge in [0, 0.05) is 25.2 Å². The van der Waals surface area contributed by atoms with E-state index in [2.05, 4.69) is 15.9 Å². The first-order valence-corrected chi connectivity index (χ1v) is 8.40. The largest absolute Gasteiger partial charge is 0.333 e. The summed E-state index contributed by atoms with van der Waals surface area (Å²) in [5, 5.41) is 0. The Bertz CT molecular complexity index is 768. The van der Waals surface area contributed by atoms with E-state index in [0.29, 0.717) is 18.7 Å². The Balaban J connectivity index is 2.25. The number of amides is 1. The van der Waals surface area contributed by atoms with Crippen LogP contribution < -0.4 is 0 Å². The fraction of sp³-hybridized carbons (Fsp3) is 0.278. The van der Waals surface area contributed by atoms with Crippen LogP contribution in [0.2, 0.25) is 0 Å². The Morgan fingerprint density at radius 3 is 2.28 bits per heavy atom. The molecule has 0 aliphatic carbocycles. The molecule has 1 amide bonds. The zero-order valence-electron chi connectivity index (χ0n) is 13.9. The van der Waals surface area contributed by atoms with Gasteiger partial charge in [0.25, 0.3) is 5.91 Å². The number of halogens is 4. The van der Waals surface area contributed by atoms with Crippen molar-refractivity contribution in [3.63, 3.8) is 0 Å². The molecule has 0 saturated heterocycles. The van der Waals surface area contributed by atoms with Gasteiger partial charge < -0.3 is 9.80 Å². The molecule has 0 aromatic heterocycles. The van der Waals surface area contributed by atoms with E-state index >= 15 is 0 Å². The monoisotopic (exact) mass is 414 g/mol. The van der Waals surface area contributed by atoms with Gasteiger partial charge in [0.15, 0.2) is 11.6 Å². The molecule has 7 heteroatoms. The third-order valence-electron chi connectivity index (χ3n) is 3.63. The summed E-state index contributed by atoms with van der Waals surface area (Å²) < 4.78 is 40.5. The quantitative estimate of drug-likeness (QED) is 0.711. The van der Waals surface area contributed by atoms with Crippen LogP contribution in [0.15, 0.2) is 40.9 Å². The van der Waals surface area contributed by atoms with Crippen molar-refractivity contribution in [2.45, 2.75) is 6.54 Å². The average molecular weight is 415 g/mol. The Morgan fingerprint density at radius 2 is 1.68 bits per heavy atom. The van der Waals surface area contributed by atoms with Crippen LogP contribution in [0.3, 0.4) is 0 Å². The summed E-state index contributed by atoms with van der Waals surface area (Å²) in [6.07, 6.45) is 0. The molecular formula is C18H18BrF3N2O. The average Bonchev–Trinajstić information content (AvgIpc) is 2.56. The van der Waals surface area contributed by atoms with E-state index < -0.39 is 17.5 Å². The van der Waals surface area contributed by atoms with Crippen molar-refractivity contribution < 1.29 is 18.0 Å². The SMILES string of the molecule is CN(C)CCN(Cc1ccc(F)c(F)c1)C(=O)c1ccc(Br)c(F)c1. The lowest BCUT2D eigenvalue weighted by molar-refractivity contribution is 0.0731. The second-order valence-corrected chi connectivity index (χ2v) is 6.76. The molecule has 0 aliphatic rings. The van der Waals surface area contributed by atoms with E-state index in [-0.39, 0.29) is 22.5 Å². The smallest absolute Gasteiger partial charge is 0.254 e. The summed E-state index contributed by atoms with van der Waals surface area (Å²) in [6, 6.07) is 7.65. The number of nitrogens with zero attached hydrogens (tertiary/aromatic N) is 2. The fourth-order valence-corrected chi connectivity index (χ4v) is 2.49. The summed E-state index contributed by atoms with van der Waals surface area (Å²) in [5.41, 5.74) is 0.658. The van der Waals surface area contributed by atoms with E-state index in [4.69, 9.17) is 0 Å². The van der Waals surface area contributed by atoms with Crippen molar-refractivity contribution in [2.75, 3.05) is 27.2 Å². The highest BCUT2D eigenvalue weighted by molar-refractivity contribution is 9.10. The fourth-order valence-electron chi connectivity index (χ4n) is 2.24. The van der Waals surface area contributed by atoms with Crippen LogP contribution in [0, 0.1) is 17.5 Å². The minimum absolute atomic E-state index is 0.0988. The first-order valence-electron chi connectivity index (χ1n) is 7.61. The predicted octanol–water partition coefficient (Wildman–Crippen LogP) is 4.07. The van der Waals surface area contributed by atoms with E-state index in [0.717, 1.165) is 18.2 Å². The summed E-state index contributed by atoms with van der Waals surface area (Å²) in [4.78, 5) is 16.1. The molecule has 0 radical (unpaired) electrons. The molecule has 3 nitrogen and oxygen atoms in total. The van der Waals surface area contributed by atoms with Crippen molar-refractivity contribution in [3.05, 3.63) is 69.4 Å². The highest BCUT2D eigenvalue weighted by atomic mass is 79.9. The van der Waals surface area contributed by atoms with Crippen LogP contribution in [-0.2, 0) is 6.54 Å². The maximum Gasteiger partial charge on any atom is 0.254 e. The van der Waals surface area contributed by atoms with Gasteiger partial charge in [-0.2, -0.15) is 0 Å². The first-order chi connectivity index (χ1) is 11.8. The number of hydrogen-bond acceptors (Lipinski definition) is 2. The second kappa shape index (κ2) is 8.49. The van der Waals surface area contributed by atoms with Crippen molar-refractivity contribution in [2.24, 2.45) is 0 Å². The van der Waals surface area contributed by atoms with Crippen LogP contribution in [0.4, 0.5) is 13.2 Å². The number of benzene rings is 2. The molecule has 25 heavy (non-hydrogen) atoms. The normalized spacial score (nSPS) is 11.0. The number of hydrogen-bond donors (Lipinski definition) is 0. The van der Waals surface area contributed by atoms with Crippen molar-refractivity contribution in [1.29, 1.82) is 0 Å². The molecule has 134 valence electrons. The summed E-state index contributed by atoms with van der Waals surface area (Å²) in [7, 11) is 3.72. The van der Waals surface area contributed by atoms with Crippen molar-refractivity contribution >= 4 is 21.8 Å². The number of carbonyl (C=O) groups is 1. The van der Waals surface area contributed by atoms with Crippen molar-refractivity contribution in [1.82, 2.24) is 9.80 Å². The minimum Gasteiger partial charge on any atom is -0.333 e. The summed E-state index contributed by atoms with van der Waals surface area (Å²) >= 11 is 3.05. The third kappa shape index (κ3) is 5.31. The van der Waals surface area contributed by atoms with Gasteiger partial charge in [-0.05, 0) is 65.9 Å². The molecule has 2 aromatic carbocycles. The van der Waals surface area contributed by atoms with Gasteiger partial charge in [0.2, 0.25) is 0 Å². The van der Waals surface area contributed by atoms with Crippen LogP contribution >= 0.6 is 15.9 Å². The molecule has 2 aromatic rings. The third-order valence-corrected chi connectivity index (χ3v) is 4.27. The second-order valence-electron chi connectivity index (χ2n) is 5.91. The molecule has 0 N–H and O–H groups in total. The molecule has 0 aliphatic heterocycles. The Labute approximate surface area is 153 Å². The predicted molar refractivity (Wildman–Crippen MR) is 93.8 cm³/mol. The van der Waals surface area contributed by atoms with Gasteiger partial charge in [0.05, 0.1) is 4.47 Å². The molecule has 0 unspecified atom stereocenters. The molecule has 0 fully saturated rings. The molecule has 0 saturated carbocycles. The maximum absolute atomic E-state index is 13.7. The Kier molecular flexibility index (Phi) is 6.61. The number of likely N-dealkylation sites (N-methyl/N-ethyl adjacent to an activating group) is 1. The molecule has 0 heterocycles.